The van der Waals surface area contributed by atoms with Gasteiger partial charge in [0, 0.05) is 38.1 Å². The lowest BCUT2D eigenvalue weighted by atomic mass is 10.1. The number of amides is 1. The number of hydrogen-bond donors (Lipinski definition) is 0. The molecule has 0 spiro atoms. The number of carbonyl (C=O) groups excluding carboxylic acids is 1. The van der Waals surface area contributed by atoms with Crippen molar-refractivity contribution in [2.75, 3.05) is 41.0 Å². The normalized spacial score (nSPS) is 12.1. The second-order valence-corrected chi connectivity index (χ2v) is 11.0. The van der Waals surface area contributed by atoms with Crippen molar-refractivity contribution in [3.63, 3.8) is 0 Å². The van der Waals surface area contributed by atoms with Crippen LogP contribution in [0.25, 0.3) is 11.3 Å². The molecule has 3 aromatic rings. The first kappa shape index (κ1) is 27.0. The molecule has 0 aliphatic carbocycles. The molecule has 7 nitrogen and oxygen atoms in total. The van der Waals surface area contributed by atoms with Gasteiger partial charge in [0.25, 0.3) is 0 Å². The number of likely N-dealkylation sites (N-methyl/N-ethyl adjacent to an activating group) is 2. The predicted molar refractivity (Wildman–Crippen MR) is 141 cm³/mol. The Morgan fingerprint density at radius 1 is 1.09 bits per heavy atom. The van der Waals surface area contributed by atoms with Crippen LogP contribution in [0.3, 0.4) is 0 Å². The predicted octanol–water partition coefficient (Wildman–Crippen LogP) is 4.37. The highest BCUT2D eigenvalue weighted by Crippen LogP contribution is 2.25. The van der Waals surface area contributed by atoms with Crippen LogP contribution in [0.2, 0.25) is 0 Å². The molecular weight excluding hydrogens is 482 g/mol. The first-order valence-corrected chi connectivity index (χ1v) is 13.3. The molecule has 0 saturated heterocycles. The summed E-state index contributed by atoms with van der Waals surface area (Å²) in [6.45, 7) is 7.06. The second kappa shape index (κ2) is 12.4. The zero-order chi connectivity index (χ0) is 25.5. The van der Waals surface area contributed by atoms with Crippen LogP contribution >= 0.6 is 11.3 Å². The van der Waals surface area contributed by atoms with Gasteiger partial charge in [0.2, 0.25) is 5.91 Å². The molecule has 9 heteroatoms. The summed E-state index contributed by atoms with van der Waals surface area (Å²) in [7, 11) is 3.84. The van der Waals surface area contributed by atoms with E-state index in [-0.39, 0.29) is 12.5 Å². The molecule has 35 heavy (non-hydrogen) atoms. The fourth-order valence-corrected chi connectivity index (χ4v) is 5.49. The highest BCUT2D eigenvalue weighted by molar-refractivity contribution is 7.82. The van der Waals surface area contributed by atoms with E-state index in [0.717, 1.165) is 43.6 Å². The Bertz CT molecular complexity index is 1150. The summed E-state index contributed by atoms with van der Waals surface area (Å²) in [4.78, 5) is 19.4. The Labute approximate surface area is 214 Å². The topological polar surface area (TPSA) is 72.0 Å². The molecule has 1 unspecified atom stereocenters. The number of thiazole rings is 1. The van der Waals surface area contributed by atoms with E-state index in [2.05, 4.69) is 4.98 Å². The van der Waals surface area contributed by atoms with E-state index >= 15 is 0 Å². The van der Waals surface area contributed by atoms with Crippen molar-refractivity contribution in [3.8, 4) is 17.0 Å². The molecule has 1 heterocycles. The highest BCUT2D eigenvalue weighted by Gasteiger charge is 2.17. The Balaban J connectivity index is 1.44. The van der Waals surface area contributed by atoms with E-state index in [9.17, 15) is 9.00 Å². The third kappa shape index (κ3) is 7.20. The summed E-state index contributed by atoms with van der Waals surface area (Å²) in [6, 6.07) is 11.9. The summed E-state index contributed by atoms with van der Waals surface area (Å²) in [5, 5.41) is 3.08. The summed E-state index contributed by atoms with van der Waals surface area (Å²) >= 11 is 1.63. The number of nitrogens with zero attached hydrogens (tertiary/aromatic N) is 3. The first-order valence-electron chi connectivity index (χ1n) is 11.3. The van der Waals surface area contributed by atoms with Crippen molar-refractivity contribution < 1.29 is 18.5 Å². The lowest BCUT2D eigenvalue weighted by Crippen LogP contribution is -2.32. The molecule has 1 aromatic heterocycles. The number of benzene rings is 2. The second-order valence-electron chi connectivity index (χ2n) is 8.44. The van der Waals surface area contributed by atoms with Crippen molar-refractivity contribution in [2.45, 2.75) is 32.2 Å². The van der Waals surface area contributed by atoms with Gasteiger partial charge in [-0.05, 0) is 49.6 Å². The van der Waals surface area contributed by atoms with Gasteiger partial charge in [-0.25, -0.2) is 13.5 Å². The third-order valence-corrected chi connectivity index (χ3v) is 8.13. The zero-order valence-electron chi connectivity index (χ0n) is 21.2. The van der Waals surface area contributed by atoms with Crippen LogP contribution in [0.15, 0.2) is 46.7 Å². The van der Waals surface area contributed by atoms with Gasteiger partial charge in [0.15, 0.2) is 0 Å². The van der Waals surface area contributed by atoms with E-state index < -0.39 is 11.0 Å². The average Bonchev–Trinajstić information content (AvgIpc) is 3.27. The molecule has 2 aromatic carbocycles. The average molecular weight is 516 g/mol. The van der Waals surface area contributed by atoms with Crippen LogP contribution in [0.1, 0.15) is 21.7 Å². The van der Waals surface area contributed by atoms with Crippen LogP contribution in [0.5, 0.6) is 5.75 Å². The molecular formula is C26H33N3O4S2. The SMILES string of the molecule is COc1cc(C)c(S(=O)N(C)CCOCC(=O)N(C)Cc2ccc(-c3csc(C)n3)cc2)c(C)c1. The fourth-order valence-electron chi connectivity index (χ4n) is 3.64. The third-order valence-electron chi connectivity index (χ3n) is 5.62. The van der Waals surface area contributed by atoms with E-state index in [0.29, 0.717) is 19.7 Å². The quantitative estimate of drug-likeness (QED) is 0.355. The van der Waals surface area contributed by atoms with Crippen molar-refractivity contribution in [1.82, 2.24) is 14.2 Å². The number of methoxy groups -OCH3 is 1. The van der Waals surface area contributed by atoms with Gasteiger partial charge in [-0.3, -0.25) is 4.79 Å². The zero-order valence-corrected chi connectivity index (χ0v) is 22.8. The maximum atomic E-state index is 13.0. The van der Waals surface area contributed by atoms with Crippen LogP contribution in [-0.4, -0.2) is 65.3 Å². The molecule has 0 fully saturated rings. The lowest BCUT2D eigenvalue weighted by Gasteiger charge is -2.20. The molecule has 1 amide bonds. The minimum absolute atomic E-state index is 0.0201. The number of aryl methyl sites for hydroxylation is 3. The molecule has 188 valence electrons. The number of hydrogen-bond acceptors (Lipinski definition) is 6. The van der Waals surface area contributed by atoms with E-state index in [1.807, 2.05) is 62.5 Å². The molecule has 0 aliphatic rings. The largest absolute Gasteiger partial charge is 0.497 e. The fraction of sp³-hybridized carbons (Fsp3) is 0.385. The van der Waals surface area contributed by atoms with Crippen LogP contribution in [-0.2, 0) is 27.1 Å². The molecule has 3 rings (SSSR count). The molecule has 0 N–H and O–H groups in total. The monoisotopic (exact) mass is 515 g/mol. The van der Waals surface area contributed by atoms with Gasteiger partial charge in [-0.2, -0.15) is 0 Å². The van der Waals surface area contributed by atoms with Gasteiger partial charge in [-0.1, -0.05) is 24.3 Å². The maximum Gasteiger partial charge on any atom is 0.248 e. The number of carbonyl (C=O) groups is 1. The Morgan fingerprint density at radius 3 is 2.31 bits per heavy atom. The highest BCUT2D eigenvalue weighted by atomic mass is 32.2. The maximum absolute atomic E-state index is 13.0. The Hall–Kier alpha value is -2.59. The number of rotatable bonds is 11. The first-order chi connectivity index (χ1) is 16.7. The van der Waals surface area contributed by atoms with Gasteiger partial charge < -0.3 is 14.4 Å². The summed E-state index contributed by atoms with van der Waals surface area (Å²) in [5.41, 5.74) is 4.91. The minimum atomic E-state index is -1.33. The van der Waals surface area contributed by atoms with Crippen molar-refractivity contribution in [2.24, 2.45) is 0 Å². The summed E-state index contributed by atoms with van der Waals surface area (Å²) in [5.74, 6) is 0.648. The van der Waals surface area contributed by atoms with E-state index in [4.69, 9.17) is 9.47 Å². The summed E-state index contributed by atoms with van der Waals surface area (Å²) in [6.07, 6.45) is 0. The number of ether oxygens (including phenoxy) is 2. The van der Waals surface area contributed by atoms with Gasteiger partial charge in [0.05, 0.1) is 29.3 Å². The van der Waals surface area contributed by atoms with Crippen molar-refractivity contribution in [1.29, 1.82) is 0 Å². The van der Waals surface area contributed by atoms with Crippen LogP contribution in [0.4, 0.5) is 0 Å². The van der Waals surface area contributed by atoms with E-state index in [1.54, 1.807) is 41.7 Å². The molecule has 1 atom stereocenters. The number of aromatic nitrogens is 1. The Kier molecular flexibility index (Phi) is 9.56. The Morgan fingerprint density at radius 2 is 1.74 bits per heavy atom. The van der Waals surface area contributed by atoms with Crippen LogP contribution in [0, 0.1) is 20.8 Å². The summed E-state index contributed by atoms with van der Waals surface area (Å²) < 4.78 is 25.6. The molecule has 0 saturated carbocycles. The van der Waals surface area contributed by atoms with Gasteiger partial charge >= 0.3 is 0 Å². The molecule has 0 aliphatic heterocycles. The molecule has 0 radical (unpaired) electrons. The van der Waals surface area contributed by atoms with E-state index in [1.165, 1.54) is 0 Å². The van der Waals surface area contributed by atoms with Crippen molar-refractivity contribution in [3.05, 3.63) is 63.5 Å². The van der Waals surface area contributed by atoms with Crippen LogP contribution < -0.4 is 4.74 Å². The molecule has 0 bridgehead atoms. The van der Waals surface area contributed by atoms with Gasteiger partial charge in [0.1, 0.15) is 23.3 Å². The standard InChI is InChI=1S/C26H33N3O4S2/c1-18-13-23(32-6)14-19(2)26(18)35(31)29(5)11-12-33-16-25(30)28(4)15-21-7-9-22(10-8-21)24-17-34-20(3)27-24/h7-10,13-14,17H,11-12,15-16H2,1-6H3. The lowest BCUT2D eigenvalue weighted by molar-refractivity contribution is -0.135. The minimum Gasteiger partial charge on any atom is -0.497 e. The smallest absolute Gasteiger partial charge is 0.248 e. The van der Waals surface area contributed by atoms with Crippen molar-refractivity contribution >= 4 is 28.2 Å². The van der Waals surface area contributed by atoms with Gasteiger partial charge in [-0.15, -0.1) is 11.3 Å².